The van der Waals surface area contributed by atoms with Crippen molar-refractivity contribution >= 4 is 26.5 Å². The Bertz CT molecular complexity index is 733. The molecule has 1 N–H and O–H groups in total. The molecule has 2 rings (SSSR count). The number of fused-ring (bicyclic) bond motifs is 1. The molecule has 0 unspecified atom stereocenters. The predicted octanol–water partition coefficient (Wildman–Crippen LogP) is 1.93. The van der Waals surface area contributed by atoms with E-state index >= 15 is 0 Å². The largest absolute Gasteiger partial charge is 0.356 e. The summed E-state index contributed by atoms with van der Waals surface area (Å²) in [6.45, 7) is 0.511. The summed E-state index contributed by atoms with van der Waals surface area (Å²) >= 11 is 0. The summed E-state index contributed by atoms with van der Waals surface area (Å²) < 4.78 is 22.0. The lowest BCUT2D eigenvalue weighted by molar-refractivity contribution is -0.120. The number of benzene rings is 2. The topological polar surface area (TPSA) is 63.2 Å². The summed E-state index contributed by atoms with van der Waals surface area (Å²) in [4.78, 5) is 11.6. The fourth-order valence-electron chi connectivity index (χ4n) is 2.21. The van der Waals surface area contributed by atoms with Crippen LogP contribution in [0.1, 0.15) is 12.0 Å². The van der Waals surface area contributed by atoms with E-state index in [9.17, 15) is 13.2 Å². The molecule has 21 heavy (non-hydrogen) atoms. The van der Waals surface area contributed by atoms with E-state index in [1.807, 2.05) is 24.3 Å². The van der Waals surface area contributed by atoms with Crippen molar-refractivity contribution in [1.29, 1.82) is 0 Å². The zero-order valence-corrected chi connectivity index (χ0v) is 12.8. The predicted molar refractivity (Wildman–Crippen MR) is 85.0 cm³/mol. The van der Waals surface area contributed by atoms with Gasteiger partial charge in [0.1, 0.15) is 9.84 Å². The van der Waals surface area contributed by atoms with Crippen LogP contribution in [0.4, 0.5) is 0 Å². The van der Waals surface area contributed by atoms with Gasteiger partial charge in [-0.05, 0) is 22.8 Å². The fraction of sp³-hybridized carbons (Fsp3) is 0.312. The summed E-state index contributed by atoms with van der Waals surface area (Å²) in [6.07, 6.45) is 1.89. The summed E-state index contributed by atoms with van der Waals surface area (Å²) in [5.41, 5.74) is 1.18. The number of sulfone groups is 1. The van der Waals surface area contributed by atoms with E-state index in [2.05, 4.69) is 23.5 Å². The molecule has 0 heterocycles. The van der Waals surface area contributed by atoms with Crippen LogP contribution in [0.3, 0.4) is 0 Å². The molecule has 0 aliphatic heterocycles. The fourth-order valence-corrected chi connectivity index (χ4v) is 2.77. The van der Waals surface area contributed by atoms with Crippen LogP contribution < -0.4 is 5.32 Å². The summed E-state index contributed by atoms with van der Waals surface area (Å²) in [7, 11) is -3.09. The van der Waals surface area contributed by atoms with E-state index in [1.165, 1.54) is 16.3 Å². The van der Waals surface area contributed by atoms with Crippen molar-refractivity contribution in [3.8, 4) is 0 Å². The first kappa shape index (κ1) is 15.5. The van der Waals surface area contributed by atoms with Gasteiger partial charge < -0.3 is 5.32 Å². The number of carbonyl (C=O) groups is 1. The Morgan fingerprint density at radius 1 is 1.10 bits per heavy atom. The smallest absolute Gasteiger partial charge is 0.221 e. The second-order valence-electron chi connectivity index (χ2n) is 5.12. The third-order valence-corrected chi connectivity index (χ3v) is 4.24. The molecule has 112 valence electrons. The molecule has 0 aliphatic carbocycles. The lowest BCUT2D eigenvalue weighted by Gasteiger charge is -2.08. The van der Waals surface area contributed by atoms with Gasteiger partial charge in [-0.15, -0.1) is 0 Å². The Hall–Kier alpha value is -1.88. The van der Waals surface area contributed by atoms with Crippen molar-refractivity contribution < 1.29 is 13.2 Å². The third kappa shape index (κ3) is 4.86. The molecule has 5 heteroatoms. The van der Waals surface area contributed by atoms with Gasteiger partial charge in [-0.3, -0.25) is 4.79 Å². The molecule has 0 bridgehead atoms. The zero-order chi connectivity index (χ0) is 15.3. The Morgan fingerprint density at radius 3 is 2.57 bits per heavy atom. The first-order chi connectivity index (χ1) is 9.96. The molecule has 0 aliphatic rings. The van der Waals surface area contributed by atoms with Crippen molar-refractivity contribution in [2.24, 2.45) is 0 Å². The van der Waals surface area contributed by atoms with E-state index in [1.54, 1.807) is 0 Å². The minimum atomic E-state index is -3.09. The number of hydrogen-bond donors (Lipinski definition) is 1. The van der Waals surface area contributed by atoms with Gasteiger partial charge in [0.2, 0.25) is 5.91 Å². The molecule has 2 aromatic rings. The lowest BCUT2D eigenvalue weighted by atomic mass is 10.0. The molecule has 4 nitrogen and oxygen atoms in total. The van der Waals surface area contributed by atoms with Crippen LogP contribution in [0.15, 0.2) is 42.5 Å². The highest BCUT2D eigenvalue weighted by Gasteiger charge is 2.07. The maximum atomic E-state index is 11.6. The average molecular weight is 305 g/mol. The van der Waals surface area contributed by atoms with Crippen molar-refractivity contribution in [2.45, 2.75) is 12.8 Å². The van der Waals surface area contributed by atoms with Crippen molar-refractivity contribution in [1.82, 2.24) is 5.32 Å². The highest BCUT2D eigenvalue weighted by atomic mass is 32.2. The van der Waals surface area contributed by atoms with Crippen LogP contribution in [-0.2, 0) is 21.1 Å². The second kappa shape index (κ2) is 6.72. The van der Waals surface area contributed by atoms with Crippen LogP contribution in [0.5, 0.6) is 0 Å². The lowest BCUT2D eigenvalue weighted by Crippen LogP contribution is -2.27. The number of amides is 1. The van der Waals surface area contributed by atoms with Crippen LogP contribution in [0.25, 0.3) is 10.8 Å². The molecule has 0 spiro atoms. The first-order valence-corrected chi connectivity index (χ1v) is 8.93. The highest BCUT2D eigenvalue weighted by molar-refractivity contribution is 7.90. The minimum absolute atomic E-state index is 0.0222. The average Bonchev–Trinajstić information content (AvgIpc) is 2.45. The maximum Gasteiger partial charge on any atom is 0.221 e. The van der Waals surface area contributed by atoms with Gasteiger partial charge in [-0.1, -0.05) is 42.5 Å². The molecule has 0 radical (unpaired) electrons. The quantitative estimate of drug-likeness (QED) is 0.887. The van der Waals surface area contributed by atoms with Crippen LogP contribution >= 0.6 is 0 Å². The summed E-state index contributed by atoms with van der Waals surface area (Å²) in [5, 5.41) is 5.13. The Balaban J connectivity index is 1.89. The first-order valence-electron chi connectivity index (χ1n) is 6.87. The monoisotopic (exact) mass is 305 g/mol. The Kier molecular flexibility index (Phi) is 4.96. The zero-order valence-electron chi connectivity index (χ0n) is 12.0. The van der Waals surface area contributed by atoms with Crippen molar-refractivity contribution in [2.75, 3.05) is 18.6 Å². The van der Waals surface area contributed by atoms with Gasteiger partial charge in [-0.2, -0.15) is 0 Å². The normalized spacial score (nSPS) is 11.5. The SMILES string of the molecule is CS(=O)(=O)CCC(=O)NCCc1cccc2ccccc12. The van der Waals surface area contributed by atoms with Crippen molar-refractivity contribution in [3.05, 3.63) is 48.0 Å². The van der Waals surface area contributed by atoms with E-state index in [-0.39, 0.29) is 18.1 Å². The molecule has 0 saturated carbocycles. The van der Waals surface area contributed by atoms with Crippen LogP contribution in [0, 0.1) is 0 Å². The minimum Gasteiger partial charge on any atom is -0.356 e. The van der Waals surface area contributed by atoms with Crippen LogP contribution in [-0.4, -0.2) is 32.9 Å². The number of hydrogen-bond acceptors (Lipinski definition) is 3. The molecular formula is C16H19NO3S. The molecule has 0 fully saturated rings. The van der Waals surface area contributed by atoms with E-state index < -0.39 is 9.84 Å². The Morgan fingerprint density at radius 2 is 1.81 bits per heavy atom. The van der Waals surface area contributed by atoms with Gasteiger partial charge in [0, 0.05) is 19.2 Å². The van der Waals surface area contributed by atoms with Gasteiger partial charge in [0.25, 0.3) is 0 Å². The van der Waals surface area contributed by atoms with E-state index in [0.717, 1.165) is 12.7 Å². The number of nitrogens with one attached hydrogen (secondary N) is 1. The van der Waals surface area contributed by atoms with Gasteiger partial charge in [0.15, 0.2) is 0 Å². The van der Waals surface area contributed by atoms with Gasteiger partial charge in [0.05, 0.1) is 5.75 Å². The molecule has 0 atom stereocenters. The van der Waals surface area contributed by atoms with Crippen molar-refractivity contribution in [3.63, 3.8) is 0 Å². The van der Waals surface area contributed by atoms with E-state index in [0.29, 0.717) is 6.54 Å². The summed E-state index contributed by atoms with van der Waals surface area (Å²) in [6, 6.07) is 14.2. The maximum absolute atomic E-state index is 11.6. The van der Waals surface area contributed by atoms with Crippen LogP contribution in [0.2, 0.25) is 0 Å². The molecule has 0 saturated heterocycles. The molecule has 2 aromatic carbocycles. The van der Waals surface area contributed by atoms with Gasteiger partial charge in [-0.25, -0.2) is 8.42 Å². The second-order valence-corrected chi connectivity index (χ2v) is 7.38. The third-order valence-electron chi connectivity index (χ3n) is 3.30. The summed E-state index contributed by atoms with van der Waals surface area (Å²) in [5.74, 6) is -0.326. The molecular weight excluding hydrogens is 286 g/mol. The van der Waals surface area contributed by atoms with E-state index in [4.69, 9.17) is 0 Å². The number of carbonyl (C=O) groups excluding carboxylic acids is 1. The standard InChI is InChI=1S/C16H19NO3S/c1-21(19,20)12-10-16(18)17-11-9-14-7-4-6-13-5-2-3-8-15(13)14/h2-8H,9-12H2,1H3,(H,17,18). The number of rotatable bonds is 6. The molecule has 0 aromatic heterocycles. The Labute approximate surface area is 125 Å². The highest BCUT2D eigenvalue weighted by Crippen LogP contribution is 2.18. The molecule has 1 amide bonds. The van der Waals surface area contributed by atoms with Gasteiger partial charge >= 0.3 is 0 Å².